The second-order valence-corrected chi connectivity index (χ2v) is 5.06. The third-order valence-electron chi connectivity index (χ3n) is 3.09. The fraction of sp³-hybridized carbons (Fsp3) is 0.111. The fourth-order valence-electron chi connectivity index (χ4n) is 1.83. The summed E-state index contributed by atoms with van der Waals surface area (Å²) in [7, 11) is 0. The third kappa shape index (κ3) is 5.72. The number of amides is 2. The largest absolute Gasteiger partial charge is 0.478 e. The van der Waals surface area contributed by atoms with Gasteiger partial charge in [-0.15, -0.1) is 0 Å². The number of hydrogen-bond donors (Lipinski definition) is 2. The van der Waals surface area contributed by atoms with Gasteiger partial charge in [0.15, 0.2) is 17.7 Å². The van der Waals surface area contributed by atoms with Crippen LogP contribution in [0.2, 0.25) is 0 Å². The van der Waals surface area contributed by atoms with Crippen molar-refractivity contribution >= 4 is 17.9 Å². The molecule has 1 atom stereocenters. The van der Waals surface area contributed by atoms with Gasteiger partial charge in [-0.1, -0.05) is 24.3 Å². The van der Waals surface area contributed by atoms with Gasteiger partial charge in [0, 0.05) is 6.08 Å². The number of ether oxygens (including phenoxy) is 1. The number of carbonyl (C=O) groups is 2. The van der Waals surface area contributed by atoms with Crippen LogP contribution in [0.3, 0.4) is 0 Å². The molecular formula is C18H16F2N2O3. The summed E-state index contributed by atoms with van der Waals surface area (Å²) in [4.78, 5) is 23.5. The van der Waals surface area contributed by atoms with Crippen LogP contribution in [0.4, 0.5) is 8.78 Å². The van der Waals surface area contributed by atoms with E-state index in [1.807, 2.05) is 0 Å². The van der Waals surface area contributed by atoms with Crippen LogP contribution in [-0.4, -0.2) is 17.9 Å². The van der Waals surface area contributed by atoms with Crippen LogP contribution in [-0.2, 0) is 9.59 Å². The lowest BCUT2D eigenvalue weighted by Gasteiger charge is -2.15. The molecule has 5 nitrogen and oxygen atoms in total. The first-order valence-electron chi connectivity index (χ1n) is 7.40. The molecule has 1 unspecified atom stereocenters. The van der Waals surface area contributed by atoms with Crippen LogP contribution in [0.15, 0.2) is 54.6 Å². The molecule has 0 saturated carbocycles. The van der Waals surface area contributed by atoms with E-state index in [4.69, 9.17) is 4.74 Å². The molecule has 2 amide bonds. The summed E-state index contributed by atoms with van der Waals surface area (Å²) in [6, 6.07) is 11.3. The third-order valence-corrected chi connectivity index (χ3v) is 3.09. The van der Waals surface area contributed by atoms with Crippen molar-refractivity contribution in [2.24, 2.45) is 0 Å². The number of para-hydroxylation sites is 1. The van der Waals surface area contributed by atoms with E-state index < -0.39 is 29.6 Å². The number of benzene rings is 2. The Morgan fingerprint density at radius 3 is 2.56 bits per heavy atom. The van der Waals surface area contributed by atoms with Crippen molar-refractivity contribution in [2.75, 3.05) is 0 Å². The van der Waals surface area contributed by atoms with Gasteiger partial charge in [-0.25, -0.2) is 8.78 Å². The van der Waals surface area contributed by atoms with Gasteiger partial charge in [0.1, 0.15) is 5.82 Å². The maximum atomic E-state index is 13.5. The number of hydrogen-bond acceptors (Lipinski definition) is 3. The van der Waals surface area contributed by atoms with Crippen molar-refractivity contribution in [3.05, 3.63) is 71.8 Å². The molecule has 7 heteroatoms. The number of rotatable bonds is 5. The SMILES string of the molecule is CC(Oc1ccccc1F)C(=O)NNC(=O)/C=C/c1cccc(F)c1. The molecule has 0 heterocycles. The minimum Gasteiger partial charge on any atom is -0.478 e. The zero-order chi connectivity index (χ0) is 18.2. The van der Waals surface area contributed by atoms with Crippen molar-refractivity contribution in [1.29, 1.82) is 0 Å². The Morgan fingerprint density at radius 2 is 1.84 bits per heavy atom. The molecule has 0 saturated heterocycles. The van der Waals surface area contributed by atoms with E-state index in [9.17, 15) is 18.4 Å². The lowest BCUT2D eigenvalue weighted by atomic mass is 10.2. The Labute approximate surface area is 143 Å². The summed E-state index contributed by atoms with van der Waals surface area (Å²) in [6.07, 6.45) is 1.51. The summed E-state index contributed by atoms with van der Waals surface area (Å²) in [5.74, 6) is -2.35. The van der Waals surface area contributed by atoms with Crippen LogP contribution in [0.25, 0.3) is 6.08 Å². The van der Waals surface area contributed by atoms with Crippen molar-refractivity contribution in [2.45, 2.75) is 13.0 Å². The molecule has 0 spiro atoms. The van der Waals surface area contributed by atoms with Gasteiger partial charge in [-0.2, -0.15) is 0 Å². The van der Waals surface area contributed by atoms with Crippen molar-refractivity contribution < 1.29 is 23.1 Å². The summed E-state index contributed by atoms with van der Waals surface area (Å²) in [5.41, 5.74) is 4.81. The van der Waals surface area contributed by atoms with Crippen LogP contribution in [0, 0.1) is 11.6 Å². The van der Waals surface area contributed by atoms with E-state index in [1.54, 1.807) is 12.1 Å². The molecule has 2 aromatic rings. The van der Waals surface area contributed by atoms with Gasteiger partial charge >= 0.3 is 0 Å². The Morgan fingerprint density at radius 1 is 1.08 bits per heavy atom. The summed E-state index contributed by atoms with van der Waals surface area (Å²) in [5, 5.41) is 0. The molecular weight excluding hydrogens is 330 g/mol. The van der Waals surface area contributed by atoms with E-state index >= 15 is 0 Å². The minimum atomic E-state index is -1.02. The van der Waals surface area contributed by atoms with Gasteiger partial charge in [0.25, 0.3) is 11.8 Å². The highest BCUT2D eigenvalue weighted by molar-refractivity contribution is 5.93. The monoisotopic (exact) mass is 346 g/mol. The van der Waals surface area contributed by atoms with Gasteiger partial charge in [-0.3, -0.25) is 20.4 Å². The molecule has 2 rings (SSSR count). The molecule has 0 aliphatic carbocycles. The highest BCUT2D eigenvalue weighted by Gasteiger charge is 2.16. The lowest BCUT2D eigenvalue weighted by Crippen LogP contribution is -2.46. The zero-order valence-corrected chi connectivity index (χ0v) is 13.3. The predicted molar refractivity (Wildman–Crippen MR) is 88.2 cm³/mol. The number of halogens is 2. The Balaban J connectivity index is 1.82. The predicted octanol–water partition coefficient (Wildman–Crippen LogP) is 2.59. The highest BCUT2D eigenvalue weighted by atomic mass is 19.1. The summed E-state index contributed by atoms with van der Waals surface area (Å²) >= 11 is 0. The Kier molecular flexibility index (Phi) is 6.22. The van der Waals surface area contributed by atoms with Gasteiger partial charge in [0.2, 0.25) is 0 Å². The highest BCUT2D eigenvalue weighted by Crippen LogP contribution is 2.16. The minimum absolute atomic E-state index is 0.0672. The maximum absolute atomic E-state index is 13.5. The summed E-state index contributed by atoms with van der Waals surface area (Å²) in [6.45, 7) is 1.41. The zero-order valence-electron chi connectivity index (χ0n) is 13.3. The van der Waals surface area contributed by atoms with Gasteiger partial charge < -0.3 is 4.74 Å². The second-order valence-electron chi connectivity index (χ2n) is 5.06. The Bertz CT molecular complexity index is 793. The molecule has 25 heavy (non-hydrogen) atoms. The van der Waals surface area contributed by atoms with E-state index in [0.717, 1.165) is 6.08 Å². The van der Waals surface area contributed by atoms with Crippen LogP contribution < -0.4 is 15.6 Å². The molecule has 130 valence electrons. The van der Waals surface area contributed by atoms with Gasteiger partial charge in [0.05, 0.1) is 0 Å². The average molecular weight is 346 g/mol. The van der Waals surface area contributed by atoms with E-state index in [2.05, 4.69) is 10.9 Å². The topological polar surface area (TPSA) is 67.4 Å². The van der Waals surface area contributed by atoms with Gasteiger partial charge in [-0.05, 0) is 42.8 Å². The molecule has 2 N–H and O–H groups in total. The number of carbonyl (C=O) groups excluding carboxylic acids is 2. The van der Waals surface area contributed by atoms with Crippen molar-refractivity contribution in [3.63, 3.8) is 0 Å². The molecule has 0 aromatic heterocycles. The molecule has 2 aromatic carbocycles. The average Bonchev–Trinajstić information content (AvgIpc) is 2.59. The molecule has 0 radical (unpaired) electrons. The molecule has 0 aliphatic rings. The van der Waals surface area contributed by atoms with Crippen LogP contribution in [0.5, 0.6) is 5.75 Å². The first-order chi connectivity index (χ1) is 12.0. The van der Waals surface area contributed by atoms with Crippen LogP contribution in [0.1, 0.15) is 12.5 Å². The lowest BCUT2D eigenvalue weighted by molar-refractivity contribution is -0.131. The van der Waals surface area contributed by atoms with Crippen molar-refractivity contribution in [1.82, 2.24) is 10.9 Å². The quantitative estimate of drug-likeness (QED) is 0.646. The first kappa shape index (κ1) is 18.1. The van der Waals surface area contributed by atoms with Crippen LogP contribution >= 0.6 is 0 Å². The van der Waals surface area contributed by atoms with E-state index in [0.29, 0.717) is 5.56 Å². The standard InChI is InChI=1S/C18H16F2N2O3/c1-12(25-16-8-3-2-7-15(16)20)18(24)22-21-17(23)10-9-13-5-4-6-14(19)11-13/h2-12H,1H3,(H,21,23)(H,22,24)/b10-9+. The van der Waals surface area contributed by atoms with E-state index in [1.165, 1.54) is 49.4 Å². The fourth-order valence-corrected chi connectivity index (χ4v) is 1.83. The Hall–Kier alpha value is -3.22. The molecule has 0 fully saturated rings. The number of hydrazine groups is 1. The molecule has 0 aliphatic heterocycles. The molecule has 0 bridgehead atoms. The normalized spacial score (nSPS) is 11.8. The van der Waals surface area contributed by atoms with Crippen molar-refractivity contribution in [3.8, 4) is 5.75 Å². The second kappa shape index (κ2) is 8.58. The number of nitrogens with one attached hydrogen (secondary N) is 2. The summed E-state index contributed by atoms with van der Waals surface area (Å²) < 4.78 is 31.6. The first-order valence-corrected chi connectivity index (χ1v) is 7.40. The smallest absolute Gasteiger partial charge is 0.279 e. The van der Waals surface area contributed by atoms with E-state index in [-0.39, 0.29) is 5.75 Å². The maximum Gasteiger partial charge on any atom is 0.279 e.